The highest BCUT2D eigenvalue weighted by Gasteiger charge is 2.22. The Balaban J connectivity index is 2.45. The quantitative estimate of drug-likeness (QED) is 0.703. The summed E-state index contributed by atoms with van der Waals surface area (Å²) in [5, 5.41) is 12.3. The number of carbonyl (C=O) groups is 1. The average molecular weight is 362 g/mol. The number of rotatable bonds is 7. The van der Waals surface area contributed by atoms with Crippen molar-refractivity contribution in [1.82, 2.24) is 4.72 Å². The first kappa shape index (κ1) is 19.0. The van der Waals surface area contributed by atoms with Gasteiger partial charge in [-0.25, -0.2) is 17.9 Å². The molecule has 0 heterocycles. The van der Waals surface area contributed by atoms with Crippen LogP contribution in [0.3, 0.4) is 0 Å². The van der Waals surface area contributed by atoms with E-state index in [2.05, 4.69) is 10.0 Å². The van der Waals surface area contributed by atoms with Gasteiger partial charge in [-0.2, -0.15) is 0 Å². The Morgan fingerprint density at radius 2 is 1.68 bits per heavy atom. The highest BCUT2D eigenvalue weighted by molar-refractivity contribution is 7.89. The summed E-state index contributed by atoms with van der Waals surface area (Å²) in [4.78, 5) is 11.1. The van der Waals surface area contributed by atoms with Crippen molar-refractivity contribution in [3.8, 4) is 0 Å². The molecule has 0 aliphatic rings. The lowest BCUT2D eigenvalue weighted by Gasteiger charge is -2.20. The molecule has 25 heavy (non-hydrogen) atoms. The van der Waals surface area contributed by atoms with Gasteiger partial charge >= 0.3 is 5.97 Å². The standard InChI is InChI=1S/C18H22N2O4S/c1-12(2)20-25(23,24)17-11-15(18(21)22)9-10-16(17)19-13(3)14-7-5-4-6-8-14/h4-13,19-20H,1-3H3,(H,21,22)/t13-/m0/s1. The topological polar surface area (TPSA) is 95.5 Å². The number of carboxylic acid groups (broad SMARTS) is 1. The van der Waals surface area contributed by atoms with E-state index < -0.39 is 16.0 Å². The van der Waals surface area contributed by atoms with E-state index in [0.717, 1.165) is 5.56 Å². The first-order chi connectivity index (χ1) is 11.7. The Morgan fingerprint density at radius 1 is 1.04 bits per heavy atom. The van der Waals surface area contributed by atoms with Crippen LogP contribution in [-0.2, 0) is 10.0 Å². The van der Waals surface area contributed by atoms with Crippen LogP contribution < -0.4 is 10.0 Å². The van der Waals surface area contributed by atoms with Crippen LogP contribution in [0.1, 0.15) is 42.7 Å². The summed E-state index contributed by atoms with van der Waals surface area (Å²) >= 11 is 0. The molecule has 0 aromatic heterocycles. The van der Waals surface area contributed by atoms with Gasteiger partial charge in [0.2, 0.25) is 10.0 Å². The molecule has 0 spiro atoms. The summed E-state index contributed by atoms with van der Waals surface area (Å²) in [6.07, 6.45) is 0. The van der Waals surface area contributed by atoms with Crippen molar-refractivity contribution in [3.05, 3.63) is 59.7 Å². The predicted octanol–water partition coefficient (Wildman–Crippen LogP) is 3.24. The van der Waals surface area contributed by atoms with E-state index >= 15 is 0 Å². The molecule has 134 valence electrons. The van der Waals surface area contributed by atoms with Crippen LogP contribution >= 0.6 is 0 Å². The molecular formula is C18H22N2O4S. The van der Waals surface area contributed by atoms with E-state index in [-0.39, 0.29) is 22.5 Å². The lowest BCUT2D eigenvalue weighted by molar-refractivity contribution is 0.0696. The number of sulfonamides is 1. The number of anilines is 1. The molecule has 0 bridgehead atoms. The van der Waals surface area contributed by atoms with Crippen LogP contribution in [0.5, 0.6) is 0 Å². The maximum Gasteiger partial charge on any atom is 0.335 e. The van der Waals surface area contributed by atoms with Gasteiger partial charge in [0.15, 0.2) is 0 Å². The lowest BCUT2D eigenvalue weighted by Crippen LogP contribution is -2.31. The van der Waals surface area contributed by atoms with Crippen molar-refractivity contribution in [2.75, 3.05) is 5.32 Å². The Bertz CT molecular complexity index is 849. The summed E-state index contributed by atoms with van der Waals surface area (Å²) in [7, 11) is -3.85. The maximum absolute atomic E-state index is 12.6. The highest BCUT2D eigenvalue weighted by atomic mass is 32.2. The Morgan fingerprint density at radius 3 is 2.24 bits per heavy atom. The van der Waals surface area contributed by atoms with Gasteiger partial charge < -0.3 is 10.4 Å². The number of aromatic carboxylic acids is 1. The van der Waals surface area contributed by atoms with Crippen molar-refractivity contribution in [2.24, 2.45) is 0 Å². The van der Waals surface area contributed by atoms with E-state index in [1.807, 2.05) is 37.3 Å². The summed E-state index contributed by atoms with van der Waals surface area (Å²) in [5.41, 5.74) is 1.27. The van der Waals surface area contributed by atoms with Crippen molar-refractivity contribution in [3.63, 3.8) is 0 Å². The lowest BCUT2D eigenvalue weighted by atomic mass is 10.1. The molecule has 0 fully saturated rings. The number of hydrogen-bond acceptors (Lipinski definition) is 4. The number of benzene rings is 2. The molecular weight excluding hydrogens is 340 g/mol. The second-order valence-corrected chi connectivity index (χ2v) is 7.75. The van der Waals surface area contributed by atoms with Crippen LogP contribution in [0.2, 0.25) is 0 Å². The molecule has 2 rings (SSSR count). The van der Waals surface area contributed by atoms with Crippen LogP contribution in [0.4, 0.5) is 5.69 Å². The third kappa shape index (κ3) is 4.80. The van der Waals surface area contributed by atoms with Gasteiger partial charge in [-0.15, -0.1) is 0 Å². The molecule has 2 aromatic carbocycles. The van der Waals surface area contributed by atoms with E-state index in [1.165, 1.54) is 18.2 Å². The minimum atomic E-state index is -3.85. The Kier molecular flexibility index (Phi) is 5.81. The van der Waals surface area contributed by atoms with Gasteiger partial charge in [0.1, 0.15) is 4.90 Å². The fourth-order valence-corrected chi connectivity index (χ4v) is 3.88. The van der Waals surface area contributed by atoms with Gasteiger partial charge in [-0.3, -0.25) is 0 Å². The molecule has 0 saturated carbocycles. The molecule has 1 atom stereocenters. The SMILES string of the molecule is CC(C)NS(=O)(=O)c1cc(C(=O)O)ccc1N[C@@H](C)c1ccccc1. The highest BCUT2D eigenvalue weighted by Crippen LogP contribution is 2.27. The number of nitrogens with one attached hydrogen (secondary N) is 2. The normalized spacial score (nSPS) is 12.8. The Labute approximate surface area is 147 Å². The van der Waals surface area contributed by atoms with Crippen LogP contribution in [-0.4, -0.2) is 25.5 Å². The summed E-state index contributed by atoms with van der Waals surface area (Å²) in [6, 6.07) is 13.2. The predicted molar refractivity (Wildman–Crippen MR) is 97.3 cm³/mol. The third-order valence-corrected chi connectivity index (χ3v) is 5.28. The van der Waals surface area contributed by atoms with E-state index in [4.69, 9.17) is 0 Å². The monoisotopic (exact) mass is 362 g/mol. The minimum absolute atomic E-state index is 0.0797. The number of hydrogen-bond donors (Lipinski definition) is 3. The number of carboxylic acids is 1. The molecule has 7 heteroatoms. The zero-order valence-electron chi connectivity index (χ0n) is 14.4. The molecule has 0 amide bonds. The largest absolute Gasteiger partial charge is 0.478 e. The zero-order valence-corrected chi connectivity index (χ0v) is 15.2. The molecule has 0 aliphatic heterocycles. The van der Waals surface area contributed by atoms with Crippen molar-refractivity contribution in [2.45, 2.75) is 37.8 Å². The first-order valence-electron chi connectivity index (χ1n) is 7.92. The fraction of sp³-hybridized carbons (Fsp3) is 0.278. The molecule has 3 N–H and O–H groups in total. The van der Waals surface area contributed by atoms with Crippen LogP contribution in [0.15, 0.2) is 53.4 Å². The van der Waals surface area contributed by atoms with Crippen LogP contribution in [0.25, 0.3) is 0 Å². The smallest absolute Gasteiger partial charge is 0.335 e. The zero-order chi connectivity index (χ0) is 18.6. The van der Waals surface area contributed by atoms with E-state index in [1.54, 1.807) is 13.8 Å². The van der Waals surface area contributed by atoms with Gasteiger partial charge in [-0.1, -0.05) is 30.3 Å². The van der Waals surface area contributed by atoms with Crippen molar-refractivity contribution < 1.29 is 18.3 Å². The molecule has 2 aromatic rings. The van der Waals surface area contributed by atoms with Crippen molar-refractivity contribution in [1.29, 1.82) is 0 Å². The van der Waals surface area contributed by atoms with Gasteiger partial charge in [-0.05, 0) is 44.5 Å². The fourth-order valence-electron chi connectivity index (χ4n) is 2.43. The maximum atomic E-state index is 12.6. The van der Waals surface area contributed by atoms with E-state index in [0.29, 0.717) is 5.69 Å². The van der Waals surface area contributed by atoms with Gasteiger partial charge in [0.05, 0.1) is 11.3 Å². The second-order valence-electron chi connectivity index (χ2n) is 6.07. The van der Waals surface area contributed by atoms with Gasteiger partial charge in [0.25, 0.3) is 0 Å². The molecule has 0 radical (unpaired) electrons. The second kappa shape index (κ2) is 7.67. The first-order valence-corrected chi connectivity index (χ1v) is 9.40. The van der Waals surface area contributed by atoms with Gasteiger partial charge in [0, 0.05) is 12.1 Å². The summed E-state index contributed by atoms with van der Waals surface area (Å²) in [5.74, 6) is -1.18. The van der Waals surface area contributed by atoms with E-state index in [9.17, 15) is 18.3 Å². The third-order valence-electron chi connectivity index (χ3n) is 3.58. The molecule has 0 aliphatic carbocycles. The summed E-state index contributed by atoms with van der Waals surface area (Å²) < 4.78 is 27.7. The average Bonchev–Trinajstić information content (AvgIpc) is 2.54. The molecule has 6 nitrogen and oxygen atoms in total. The molecule has 0 unspecified atom stereocenters. The van der Waals surface area contributed by atoms with Crippen LogP contribution in [0, 0.1) is 0 Å². The molecule has 0 saturated heterocycles. The summed E-state index contributed by atoms with van der Waals surface area (Å²) in [6.45, 7) is 5.32. The minimum Gasteiger partial charge on any atom is -0.478 e. The Hall–Kier alpha value is -2.38. The van der Waals surface area contributed by atoms with Crippen molar-refractivity contribution >= 4 is 21.7 Å².